The van der Waals surface area contributed by atoms with Crippen LogP contribution in [0.1, 0.15) is 114 Å². The van der Waals surface area contributed by atoms with Gasteiger partial charge in [-0.25, -0.2) is 4.99 Å². The van der Waals surface area contributed by atoms with Gasteiger partial charge in [0.15, 0.2) is 23.7 Å². The Hall–Kier alpha value is -3.38. The smallest absolute Gasteiger partial charge is 0.302 e. The van der Waals surface area contributed by atoms with E-state index in [1.54, 1.807) is 6.07 Å². The first-order valence-electron chi connectivity index (χ1n) is 24.9. The number of aliphatic imine (C=N–C) groups is 1. The highest BCUT2D eigenvalue weighted by Crippen LogP contribution is 2.60. The average Bonchev–Trinajstić information content (AvgIpc) is 3.69. The van der Waals surface area contributed by atoms with Gasteiger partial charge in [0, 0.05) is 67.5 Å². The minimum atomic E-state index is -1.93. The Bertz CT molecular complexity index is 2270. The van der Waals surface area contributed by atoms with Gasteiger partial charge in [0.1, 0.15) is 12.2 Å². The van der Waals surface area contributed by atoms with Crippen LogP contribution in [0.2, 0.25) is 0 Å². The Morgan fingerprint density at radius 1 is 1.03 bits per heavy atom. The molecule has 4 spiro atoms. The molecule has 67 heavy (non-hydrogen) atoms. The highest BCUT2D eigenvalue weighted by Gasteiger charge is 2.55. The summed E-state index contributed by atoms with van der Waals surface area (Å²) in [4.78, 5) is 18.4. The van der Waals surface area contributed by atoms with Crippen LogP contribution in [0.15, 0.2) is 41.4 Å². The highest BCUT2D eigenvalue weighted by atomic mass is 33.1. The van der Waals surface area contributed by atoms with E-state index >= 15 is 0 Å². The number of nitrogens with one attached hydrogen (secondary N) is 3. The van der Waals surface area contributed by atoms with Crippen LogP contribution < -0.4 is 26.4 Å². The van der Waals surface area contributed by atoms with Crippen molar-refractivity contribution in [3.05, 3.63) is 47.6 Å². The summed E-state index contributed by atoms with van der Waals surface area (Å²) in [5.41, 5.74) is 6.08. The summed E-state index contributed by atoms with van der Waals surface area (Å²) in [6.45, 7) is 3.38. The molecule has 4 aliphatic heterocycles. The summed E-state index contributed by atoms with van der Waals surface area (Å²) < 4.78 is 12.9. The second kappa shape index (κ2) is 19.1. The van der Waals surface area contributed by atoms with Crippen LogP contribution in [0.5, 0.6) is 11.5 Å². The Kier molecular flexibility index (Phi) is 13.5. The number of nitrogens with zero attached hydrogens (tertiary/aromatic N) is 1. The maximum Gasteiger partial charge on any atom is 0.302 e. The molecular weight excluding hydrogens is 887 g/mol. The number of piperidine rings is 1. The third-order valence-electron chi connectivity index (χ3n) is 17.0. The van der Waals surface area contributed by atoms with E-state index in [-0.39, 0.29) is 64.6 Å². The quantitative estimate of drug-likeness (QED) is 0.0645. The van der Waals surface area contributed by atoms with Crippen LogP contribution in [-0.2, 0) is 16.0 Å². The summed E-state index contributed by atoms with van der Waals surface area (Å²) in [6, 6.07) is 2.40. The van der Waals surface area contributed by atoms with E-state index in [1.807, 2.05) is 33.7 Å². The molecule has 10 bridgehead atoms. The maximum atomic E-state index is 13.1. The number of phenols is 1. The molecule has 15 atom stereocenters. The van der Waals surface area contributed by atoms with Gasteiger partial charge in [0.25, 0.3) is 0 Å². The third-order valence-corrected chi connectivity index (χ3v) is 19.8. The van der Waals surface area contributed by atoms with Crippen molar-refractivity contribution >= 4 is 33.5 Å². The summed E-state index contributed by atoms with van der Waals surface area (Å²) in [5.74, 6) is 15.4. The molecule has 0 radical (unpaired) electrons. The lowest BCUT2D eigenvalue weighted by Gasteiger charge is -2.53. The first kappa shape index (κ1) is 47.3. The van der Waals surface area contributed by atoms with Crippen LogP contribution in [0.25, 0.3) is 0 Å². The Labute approximate surface area is 403 Å². The van der Waals surface area contributed by atoms with Crippen molar-refractivity contribution in [1.82, 2.24) is 16.0 Å². The zero-order valence-corrected chi connectivity index (χ0v) is 40.3. The monoisotopic (exact) mass is 955 g/mol. The molecule has 4 heterocycles. The normalized spacial score (nSPS) is 42.5. The van der Waals surface area contributed by atoms with E-state index in [0.29, 0.717) is 81.5 Å². The first-order chi connectivity index (χ1) is 32.2. The van der Waals surface area contributed by atoms with Gasteiger partial charge in [-0.1, -0.05) is 76.0 Å². The number of aliphatic hydroxyl groups is 4. The average molecular weight is 956 g/mol. The number of rotatable bonds is 2. The highest BCUT2D eigenvalue weighted by molar-refractivity contribution is 8.77. The van der Waals surface area contributed by atoms with Gasteiger partial charge in [-0.3, -0.25) is 4.79 Å². The van der Waals surface area contributed by atoms with Gasteiger partial charge in [0.2, 0.25) is 0 Å². The summed E-state index contributed by atoms with van der Waals surface area (Å²) in [7, 11) is 3.69. The molecule has 0 amide bonds. The Balaban J connectivity index is 1.16. The topological polar surface area (TPSA) is 211 Å². The third kappa shape index (κ3) is 9.75. The minimum absolute atomic E-state index is 0.0389. The van der Waals surface area contributed by atoms with Crippen molar-refractivity contribution < 1.29 is 39.8 Å². The lowest BCUT2D eigenvalue weighted by Crippen LogP contribution is -2.60. The number of phenolic OH excluding ortho intramolecular Hbond substituents is 1. The number of allylic oxidation sites excluding steroid dienone is 2. The van der Waals surface area contributed by atoms with Gasteiger partial charge in [0.05, 0.1) is 34.5 Å². The number of hydrogen-bond donors (Lipinski definition) is 9. The number of nitrogens with two attached hydrogens (primary N) is 1. The molecule has 13 nitrogen and oxygen atoms in total. The van der Waals surface area contributed by atoms with Crippen molar-refractivity contribution in [1.29, 1.82) is 0 Å². The lowest BCUT2D eigenvalue weighted by molar-refractivity contribution is -0.152. The number of carbonyl (C=O) groups excluding carboxylic acids is 1. The molecule has 15 heteroatoms. The number of fused-ring (bicyclic) bond motifs is 5. The lowest BCUT2D eigenvalue weighted by atomic mass is 9.56. The molecule has 15 unspecified atom stereocenters. The number of esters is 1. The minimum Gasteiger partial charge on any atom is -0.504 e. The van der Waals surface area contributed by atoms with Crippen molar-refractivity contribution in [2.45, 2.75) is 156 Å². The van der Waals surface area contributed by atoms with Crippen LogP contribution in [0.4, 0.5) is 0 Å². The number of guanidine groups is 1. The van der Waals surface area contributed by atoms with Crippen molar-refractivity contribution in [2.75, 3.05) is 25.4 Å². The fraction of sp³-hybridized carbons (Fsp3) is 0.692. The molecule has 10 N–H and O–H groups in total. The molecule has 1 saturated heterocycles. The second-order valence-electron chi connectivity index (χ2n) is 21.7. The number of carbonyl (C=O) groups is 1. The van der Waals surface area contributed by atoms with E-state index in [2.05, 4.69) is 51.8 Å². The van der Waals surface area contributed by atoms with Crippen molar-refractivity contribution in [3.63, 3.8) is 0 Å². The van der Waals surface area contributed by atoms with E-state index in [0.717, 1.165) is 18.6 Å². The number of hydrogen-bond acceptors (Lipinski definition) is 15. The molecule has 1 aromatic carbocycles. The van der Waals surface area contributed by atoms with Gasteiger partial charge < -0.3 is 56.7 Å². The van der Waals surface area contributed by atoms with Gasteiger partial charge in [-0.05, 0) is 119 Å². The number of aliphatic hydroxyl groups excluding tert-OH is 3. The van der Waals surface area contributed by atoms with Gasteiger partial charge in [-0.2, -0.15) is 0 Å². The summed E-state index contributed by atoms with van der Waals surface area (Å²) >= 11 is 0. The van der Waals surface area contributed by atoms with E-state index in [1.165, 1.54) is 38.7 Å². The molecule has 5 aliphatic carbocycles. The molecule has 10 rings (SSSR count). The van der Waals surface area contributed by atoms with Crippen molar-refractivity contribution in [2.24, 2.45) is 51.1 Å². The predicted octanol–water partition coefficient (Wildman–Crippen LogP) is 4.76. The van der Waals surface area contributed by atoms with Crippen LogP contribution in [-0.4, -0.2) is 110 Å². The number of aromatic hydroxyl groups is 1. The fourth-order valence-corrected chi connectivity index (χ4v) is 16.9. The Morgan fingerprint density at radius 2 is 1.91 bits per heavy atom. The SMILES string of the molecule is CC(=O)OC1CC(O)CCC23C#CC4CC5C#CC(CNCC6(C5)CC(CCN6)Oc5cc(c(C(O)O)cc5O)CC41)SSCC1(CC4C=CC5CCCC5(C4)C1)NC(N)=NC2C=CCC3O. The zero-order valence-electron chi connectivity index (χ0n) is 38.6. The molecule has 1 aromatic rings. The number of benzene rings is 1. The fourth-order valence-electron chi connectivity index (χ4n) is 14.1. The first-order valence-corrected chi connectivity index (χ1v) is 27.3. The zero-order chi connectivity index (χ0) is 46.6. The maximum absolute atomic E-state index is 13.1. The van der Waals surface area contributed by atoms with Crippen molar-refractivity contribution in [3.8, 4) is 35.2 Å². The van der Waals surface area contributed by atoms with E-state index < -0.39 is 59.4 Å². The number of ether oxygens (including phenoxy) is 2. The molecular formula is C52H69N5O8S2. The molecule has 0 aromatic heterocycles. The van der Waals surface area contributed by atoms with Crippen LogP contribution in [0, 0.1) is 64.1 Å². The van der Waals surface area contributed by atoms with Crippen LogP contribution in [0.3, 0.4) is 0 Å². The van der Waals surface area contributed by atoms with Crippen LogP contribution >= 0.6 is 21.6 Å². The molecule has 362 valence electrons. The second-order valence-corrected chi connectivity index (χ2v) is 24.3. The largest absolute Gasteiger partial charge is 0.504 e. The molecule has 9 aliphatic rings. The molecule has 2 saturated carbocycles. The van der Waals surface area contributed by atoms with Gasteiger partial charge in [-0.15, -0.1) is 0 Å². The Morgan fingerprint density at radius 3 is 2.76 bits per heavy atom. The standard InChI is InChI=1S/C52H69N5O8S2/c1-31(58)64-43-21-37(59)12-16-52-15-11-34-18-32-8-10-39(27-54-29-50(24-32)26-38(13-17-55-50)65-44-20-35(19-40(34)43)41(47(62)63)22-42(44)60)67-66-30-51(57-48(53)56-45(52)5-2-6-46(52)61)25-33-7-9-36-4-3-14-49(36,23-33)28-51/h2,5,7,9,20,22,32-34,36-40,43,45-47,54-55,59-63H,3-4,6,12-14,16-19,21,23-30H2,1H3,(H3,53,56,57). The summed E-state index contributed by atoms with van der Waals surface area (Å²) in [5, 5.41) is 69.0. The van der Waals surface area contributed by atoms with E-state index in [4.69, 9.17) is 20.2 Å². The summed E-state index contributed by atoms with van der Waals surface area (Å²) in [6.07, 6.45) is 14.5. The van der Waals surface area contributed by atoms with Gasteiger partial charge >= 0.3 is 5.97 Å². The van der Waals surface area contributed by atoms with E-state index in [9.17, 15) is 30.3 Å². The predicted molar refractivity (Wildman–Crippen MR) is 260 cm³/mol. The molecule has 3 fully saturated rings.